The monoisotopic (exact) mass is 389 g/mol. The van der Waals surface area contributed by atoms with E-state index in [1.165, 1.54) is 12.1 Å². The minimum absolute atomic E-state index is 0.128. The summed E-state index contributed by atoms with van der Waals surface area (Å²) < 4.78 is 24.8. The molecular weight excluding hydrogens is 369 g/mol. The Morgan fingerprint density at radius 1 is 1.11 bits per heavy atom. The number of piperidine rings is 1. The second-order valence-corrected chi connectivity index (χ2v) is 7.44. The number of carbonyl (C=O) groups is 1. The molecule has 2 saturated heterocycles. The molecule has 0 unspecified atom stereocenters. The number of hydrogen-bond donors (Lipinski definition) is 0. The Kier molecular flexibility index (Phi) is 5.28. The van der Waals surface area contributed by atoms with E-state index in [2.05, 4.69) is 4.90 Å². The molecule has 2 aromatic rings. The first kappa shape index (κ1) is 18.6. The van der Waals surface area contributed by atoms with Gasteiger partial charge in [0, 0.05) is 43.6 Å². The third-order valence-electron chi connectivity index (χ3n) is 5.20. The molecule has 0 atom stereocenters. The molecule has 2 heterocycles. The van der Waals surface area contributed by atoms with Gasteiger partial charge in [0.25, 0.3) is 0 Å². The van der Waals surface area contributed by atoms with E-state index >= 15 is 0 Å². The molecule has 1 spiro atoms. The largest absolute Gasteiger partial charge is 0.347 e. The molecule has 0 bridgehead atoms. The van der Waals surface area contributed by atoms with E-state index in [-0.39, 0.29) is 16.6 Å². The highest BCUT2D eigenvalue weighted by Crippen LogP contribution is 2.31. The van der Waals surface area contributed by atoms with Gasteiger partial charge in [-0.2, -0.15) is 0 Å². The number of rotatable bonds is 4. The molecule has 6 heteroatoms. The number of benzene rings is 2. The summed E-state index contributed by atoms with van der Waals surface area (Å²) in [4.78, 5) is 15.1. The molecule has 2 fully saturated rings. The van der Waals surface area contributed by atoms with Gasteiger partial charge in [-0.05, 0) is 29.8 Å². The highest BCUT2D eigenvalue weighted by atomic mass is 35.5. The van der Waals surface area contributed by atoms with Crippen molar-refractivity contribution in [3.63, 3.8) is 0 Å². The summed E-state index contributed by atoms with van der Waals surface area (Å²) in [6, 6.07) is 11.4. The quantitative estimate of drug-likeness (QED) is 0.739. The first-order valence-corrected chi connectivity index (χ1v) is 9.51. The topological polar surface area (TPSA) is 38.8 Å². The summed E-state index contributed by atoms with van der Waals surface area (Å²) in [6.07, 6.45) is 1.72. The van der Waals surface area contributed by atoms with E-state index in [1.54, 1.807) is 6.07 Å². The summed E-state index contributed by atoms with van der Waals surface area (Å²) >= 11 is 6.04. The van der Waals surface area contributed by atoms with Crippen LogP contribution in [0.2, 0.25) is 5.02 Å². The van der Waals surface area contributed by atoms with Crippen molar-refractivity contribution in [1.29, 1.82) is 0 Å². The Morgan fingerprint density at radius 2 is 1.85 bits per heavy atom. The molecule has 0 radical (unpaired) electrons. The Balaban J connectivity index is 1.44. The number of ketones is 1. The number of nitrogens with zero attached hydrogens (tertiary/aromatic N) is 1. The molecule has 4 rings (SSSR count). The van der Waals surface area contributed by atoms with Crippen molar-refractivity contribution in [3.8, 4) is 0 Å². The van der Waals surface area contributed by atoms with Crippen molar-refractivity contribution in [2.24, 2.45) is 0 Å². The average Bonchev–Trinajstić information content (AvgIpc) is 3.12. The summed E-state index contributed by atoms with van der Waals surface area (Å²) in [6.45, 7) is 3.89. The van der Waals surface area contributed by atoms with Crippen LogP contribution < -0.4 is 0 Å². The second-order valence-electron chi connectivity index (χ2n) is 7.04. The number of carbonyl (C=O) groups excluding carboxylic acids is 1. The molecule has 0 aliphatic carbocycles. The zero-order chi connectivity index (χ0) is 18.9. The molecular formula is C21H21ClFNO3. The van der Waals surface area contributed by atoms with Crippen LogP contribution in [0.5, 0.6) is 0 Å². The van der Waals surface area contributed by atoms with E-state index in [9.17, 15) is 9.18 Å². The maximum atomic E-state index is 13.2. The highest BCUT2D eigenvalue weighted by molar-refractivity contribution is 6.35. The zero-order valence-corrected chi connectivity index (χ0v) is 15.7. The lowest BCUT2D eigenvalue weighted by Gasteiger charge is -2.37. The van der Waals surface area contributed by atoms with Gasteiger partial charge in [0.05, 0.1) is 18.2 Å². The number of likely N-dealkylation sites (tertiary alicyclic amines) is 1. The normalized spacial score (nSPS) is 19.5. The highest BCUT2D eigenvalue weighted by Gasteiger charge is 2.39. The van der Waals surface area contributed by atoms with Gasteiger partial charge in [0.1, 0.15) is 5.82 Å². The van der Waals surface area contributed by atoms with Crippen LogP contribution in [0.1, 0.15) is 34.3 Å². The van der Waals surface area contributed by atoms with Gasteiger partial charge < -0.3 is 9.47 Å². The molecule has 2 aliphatic rings. The SMILES string of the molecule is O=C(c1cccc(CN2CCC3(CC2)OCCO3)c1)c1ccc(F)cc1Cl. The summed E-state index contributed by atoms with van der Waals surface area (Å²) in [5, 5.41) is 0.128. The molecule has 4 nitrogen and oxygen atoms in total. The predicted octanol–water partition coefficient (Wildman–Crippen LogP) is 4.05. The minimum Gasteiger partial charge on any atom is -0.347 e. The average molecular weight is 390 g/mol. The van der Waals surface area contributed by atoms with Crippen LogP contribution in [0, 0.1) is 5.82 Å². The van der Waals surface area contributed by atoms with Crippen molar-refractivity contribution >= 4 is 17.4 Å². The predicted molar refractivity (Wildman–Crippen MR) is 100 cm³/mol. The lowest BCUT2D eigenvalue weighted by molar-refractivity contribution is -0.185. The maximum absolute atomic E-state index is 13.2. The van der Waals surface area contributed by atoms with Crippen LogP contribution in [0.15, 0.2) is 42.5 Å². The number of hydrogen-bond acceptors (Lipinski definition) is 4. The minimum atomic E-state index is -0.455. The first-order valence-electron chi connectivity index (χ1n) is 9.14. The van der Waals surface area contributed by atoms with Crippen LogP contribution >= 0.6 is 11.6 Å². The van der Waals surface area contributed by atoms with Crippen LogP contribution in [0.4, 0.5) is 4.39 Å². The first-order chi connectivity index (χ1) is 13.0. The molecule has 0 aromatic heterocycles. The number of halogens is 2. The standard InChI is InChI=1S/C21H21ClFNO3/c22-19-13-17(23)4-5-18(19)20(25)16-3-1-2-15(12-16)14-24-8-6-21(7-9-24)26-10-11-27-21/h1-5,12-13H,6-11,14H2. The van der Waals surface area contributed by atoms with Gasteiger partial charge in [0.2, 0.25) is 0 Å². The van der Waals surface area contributed by atoms with Crippen molar-refractivity contribution in [3.05, 3.63) is 70.0 Å². The Morgan fingerprint density at radius 3 is 2.56 bits per heavy atom. The van der Waals surface area contributed by atoms with Crippen molar-refractivity contribution in [1.82, 2.24) is 4.90 Å². The number of ether oxygens (including phenoxy) is 2. The van der Waals surface area contributed by atoms with E-state index < -0.39 is 5.82 Å². The molecule has 2 aliphatic heterocycles. The van der Waals surface area contributed by atoms with Gasteiger partial charge in [-0.15, -0.1) is 0 Å². The molecule has 0 saturated carbocycles. The molecule has 0 amide bonds. The van der Waals surface area contributed by atoms with Crippen molar-refractivity contribution in [2.75, 3.05) is 26.3 Å². The molecule has 2 aromatic carbocycles. The fraction of sp³-hybridized carbons (Fsp3) is 0.381. The molecule has 0 N–H and O–H groups in total. The lowest BCUT2D eigenvalue weighted by Crippen LogP contribution is -2.44. The van der Waals surface area contributed by atoms with Gasteiger partial charge in [-0.25, -0.2) is 4.39 Å². The van der Waals surface area contributed by atoms with Crippen LogP contribution in [-0.4, -0.2) is 42.8 Å². The van der Waals surface area contributed by atoms with Gasteiger partial charge in [-0.1, -0.05) is 29.8 Å². The second kappa shape index (κ2) is 7.68. The van der Waals surface area contributed by atoms with Crippen LogP contribution in [0.25, 0.3) is 0 Å². The Bertz CT molecular complexity index is 841. The van der Waals surface area contributed by atoms with Gasteiger partial charge in [-0.3, -0.25) is 9.69 Å². The summed E-state index contributed by atoms with van der Waals surface area (Å²) in [7, 11) is 0. The fourth-order valence-corrected chi connectivity index (χ4v) is 3.99. The third-order valence-corrected chi connectivity index (χ3v) is 5.52. The Labute approximate surface area is 162 Å². The maximum Gasteiger partial charge on any atom is 0.194 e. The molecule has 142 valence electrons. The smallest absolute Gasteiger partial charge is 0.194 e. The van der Waals surface area contributed by atoms with Crippen LogP contribution in [0.3, 0.4) is 0 Å². The molecule has 27 heavy (non-hydrogen) atoms. The van der Waals surface area contributed by atoms with E-state index in [0.717, 1.165) is 44.1 Å². The fourth-order valence-electron chi connectivity index (χ4n) is 3.74. The zero-order valence-electron chi connectivity index (χ0n) is 14.9. The third kappa shape index (κ3) is 4.06. The summed E-state index contributed by atoms with van der Waals surface area (Å²) in [5.41, 5.74) is 1.92. The van der Waals surface area contributed by atoms with Crippen molar-refractivity contribution < 1.29 is 18.7 Å². The Hall–Kier alpha value is -1.79. The van der Waals surface area contributed by atoms with Crippen molar-refractivity contribution in [2.45, 2.75) is 25.2 Å². The van der Waals surface area contributed by atoms with E-state index in [1.807, 2.05) is 18.2 Å². The van der Waals surface area contributed by atoms with E-state index in [0.29, 0.717) is 24.3 Å². The summed E-state index contributed by atoms with van der Waals surface area (Å²) in [5.74, 6) is -1.04. The van der Waals surface area contributed by atoms with E-state index in [4.69, 9.17) is 21.1 Å². The van der Waals surface area contributed by atoms with Gasteiger partial charge >= 0.3 is 0 Å². The van der Waals surface area contributed by atoms with Gasteiger partial charge in [0.15, 0.2) is 11.6 Å². The van der Waals surface area contributed by atoms with Crippen LogP contribution in [-0.2, 0) is 16.0 Å². The lowest BCUT2D eigenvalue weighted by atomic mass is 10.00.